The van der Waals surface area contributed by atoms with Crippen LogP contribution in [0.2, 0.25) is 0 Å². The Morgan fingerprint density at radius 1 is 1.06 bits per heavy atom. The number of ether oxygens (including phenoxy) is 2. The maximum atomic E-state index is 12.9. The van der Waals surface area contributed by atoms with Crippen LogP contribution in [0.5, 0.6) is 11.5 Å². The fourth-order valence-electron chi connectivity index (χ4n) is 3.43. The smallest absolute Gasteiger partial charge is 0.497 e. The van der Waals surface area contributed by atoms with Crippen molar-refractivity contribution < 1.29 is 27.4 Å². The normalized spacial score (nSPS) is 14.2. The predicted octanol–water partition coefficient (Wildman–Crippen LogP) is 4.76. The second kappa shape index (κ2) is 9.57. The van der Waals surface area contributed by atoms with Gasteiger partial charge in [0, 0.05) is 49.0 Å². The number of aromatic nitrogens is 1. The van der Waals surface area contributed by atoms with Crippen LogP contribution in [-0.4, -0.2) is 55.4 Å². The van der Waals surface area contributed by atoms with Gasteiger partial charge in [0.2, 0.25) is 0 Å². The second-order valence-corrected chi connectivity index (χ2v) is 8.07. The molecule has 0 aliphatic carbocycles. The van der Waals surface area contributed by atoms with E-state index in [4.69, 9.17) is 4.74 Å². The summed E-state index contributed by atoms with van der Waals surface area (Å²) in [6.07, 6.45) is -4.74. The van der Waals surface area contributed by atoms with Gasteiger partial charge in [-0.3, -0.25) is 4.79 Å². The molecule has 1 aromatic heterocycles. The first-order chi connectivity index (χ1) is 15.8. The maximum Gasteiger partial charge on any atom is 0.573 e. The van der Waals surface area contributed by atoms with Gasteiger partial charge >= 0.3 is 6.36 Å². The molecule has 0 atom stereocenters. The highest BCUT2D eigenvalue weighted by Gasteiger charge is 2.31. The van der Waals surface area contributed by atoms with Gasteiger partial charge in [-0.2, -0.15) is 0 Å². The Hall–Kier alpha value is -3.47. The van der Waals surface area contributed by atoms with Crippen LogP contribution < -0.4 is 19.7 Å². The van der Waals surface area contributed by atoms with Crippen LogP contribution in [0.1, 0.15) is 10.5 Å². The first-order valence-corrected chi connectivity index (χ1v) is 11.0. The van der Waals surface area contributed by atoms with Crippen LogP contribution in [0.4, 0.5) is 29.7 Å². The van der Waals surface area contributed by atoms with Gasteiger partial charge in [0.25, 0.3) is 5.91 Å². The zero-order valence-corrected chi connectivity index (χ0v) is 18.4. The molecule has 174 valence electrons. The number of methoxy groups -OCH3 is 1. The Balaban J connectivity index is 1.33. The molecule has 1 N–H and O–H groups in total. The van der Waals surface area contributed by atoms with Gasteiger partial charge in [-0.15, -0.1) is 24.5 Å². The molecule has 1 aliphatic heterocycles. The molecular formula is C22H21F3N4O3S. The molecule has 1 saturated heterocycles. The molecule has 11 heteroatoms. The number of piperazine rings is 1. The van der Waals surface area contributed by atoms with Crippen LogP contribution >= 0.6 is 11.3 Å². The Bertz CT molecular complexity index is 1100. The van der Waals surface area contributed by atoms with Gasteiger partial charge in [-0.25, -0.2) is 4.98 Å². The van der Waals surface area contributed by atoms with E-state index in [2.05, 4.69) is 19.9 Å². The van der Waals surface area contributed by atoms with E-state index in [-0.39, 0.29) is 11.7 Å². The third-order valence-electron chi connectivity index (χ3n) is 5.05. The quantitative estimate of drug-likeness (QED) is 0.551. The molecule has 4 rings (SSSR count). The molecule has 0 bridgehead atoms. The van der Waals surface area contributed by atoms with Gasteiger partial charge in [0.15, 0.2) is 5.13 Å². The zero-order valence-electron chi connectivity index (χ0n) is 17.6. The van der Waals surface area contributed by atoms with E-state index in [1.54, 1.807) is 17.4 Å². The van der Waals surface area contributed by atoms with Crippen LogP contribution in [0.25, 0.3) is 0 Å². The van der Waals surface area contributed by atoms with Crippen molar-refractivity contribution in [1.82, 2.24) is 9.88 Å². The predicted molar refractivity (Wildman–Crippen MR) is 120 cm³/mol. The summed E-state index contributed by atoms with van der Waals surface area (Å²) < 4.78 is 45.9. The third kappa shape index (κ3) is 5.86. The molecular weight excluding hydrogens is 457 g/mol. The molecule has 0 spiro atoms. The number of amides is 1. The Morgan fingerprint density at radius 2 is 1.79 bits per heavy atom. The van der Waals surface area contributed by atoms with Crippen molar-refractivity contribution in [2.24, 2.45) is 0 Å². The molecule has 2 heterocycles. The number of nitrogens with one attached hydrogen (secondary N) is 1. The van der Waals surface area contributed by atoms with Crippen molar-refractivity contribution in [2.75, 3.05) is 43.5 Å². The molecule has 33 heavy (non-hydrogen) atoms. The van der Waals surface area contributed by atoms with Crippen molar-refractivity contribution >= 4 is 33.8 Å². The molecule has 7 nitrogen and oxygen atoms in total. The van der Waals surface area contributed by atoms with Crippen molar-refractivity contribution in [3.8, 4) is 11.5 Å². The minimum atomic E-state index is -4.74. The molecule has 2 aromatic carbocycles. The number of anilines is 3. The minimum absolute atomic E-state index is 0.154. The monoisotopic (exact) mass is 478 g/mol. The lowest BCUT2D eigenvalue weighted by molar-refractivity contribution is -0.274. The number of alkyl halides is 3. The van der Waals surface area contributed by atoms with Crippen molar-refractivity contribution in [3.63, 3.8) is 0 Å². The highest BCUT2D eigenvalue weighted by molar-refractivity contribution is 7.14. The van der Waals surface area contributed by atoms with Crippen LogP contribution in [-0.2, 0) is 0 Å². The molecule has 0 saturated carbocycles. The minimum Gasteiger partial charge on any atom is -0.497 e. The summed E-state index contributed by atoms with van der Waals surface area (Å²) in [5, 5.41) is 5.13. The SMILES string of the molecule is COc1cccc(N2CCN(C(=O)c3csc(Nc4ccc(OC(F)(F)F)cc4)n3)CC2)c1. The number of thiazole rings is 1. The van der Waals surface area contributed by atoms with Crippen LogP contribution in [0.15, 0.2) is 53.9 Å². The highest BCUT2D eigenvalue weighted by Crippen LogP contribution is 2.27. The molecule has 1 fully saturated rings. The summed E-state index contributed by atoms with van der Waals surface area (Å²) in [5.41, 5.74) is 1.91. The van der Waals surface area contributed by atoms with Gasteiger partial charge in [0.05, 0.1) is 7.11 Å². The molecule has 3 aromatic rings. The fourth-order valence-corrected chi connectivity index (χ4v) is 4.13. The van der Waals surface area contributed by atoms with Crippen molar-refractivity contribution in [1.29, 1.82) is 0 Å². The summed E-state index contributed by atoms with van der Waals surface area (Å²) >= 11 is 1.25. The average molecular weight is 478 g/mol. The highest BCUT2D eigenvalue weighted by atomic mass is 32.1. The molecule has 1 amide bonds. The van der Waals surface area contributed by atoms with Gasteiger partial charge in [-0.05, 0) is 36.4 Å². The number of hydrogen-bond acceptors (Lipinski definition) is 7. The van der Waals surface area contributed by atoms with E-state index in [0.29, 0.717) is 42.7 Å². The summed E-state index contributed by atoms with van der Waals surface area (Å²) in [7, 11) is 1.63. The van der Waals surface area contributed by atoms with E-state index >= 15 is 0 Å². The average Bonchev–Trinajstić information content (AvgIpc) is 3.27. The van der Waals surface area contributed by atoms with Gasteiger partial charge in [-0.1, -0.05) is 6.07 Å². The second-order valence-electron chi connectivity index (χ2n) is 7.22. The number of carbonyl (C=O) groups is 1. The van der Waals surface area contributed by atoms with E-state index in [9.17, 15) is 18.0 Å². The Morgan fingerprint density at radius 3 is 2.45 bits per heavy atom. The lowest BCUT2D eigenvalue weighted by Crippen LogP contribution is -2.48. The number of rotatable bonds is 6. The summed E-state index contributed by atoms with van der Waals surface area (Å²) in [6.45, 7) is 2.52. The number of benzene rings is 2. The van der Waals surface area contributed by atoms with Gasteiger partial charge < -0.3 is 24.6 Å². The van der Waals surface area contributed by atoms with Crippen molar-refractivity contribution in [2.45, 2.75) is 6.36 Å². The van der Waals surface area contributed by atoms with Gasteiger partial charge in [0.1, 0.15) is 17.2 Å². The topological polar surface area (TPSA) is 66.9 Å². The Labute approximate surface area is 192 Å². The molecule has 0 radical (unpaired) electrons. The molecule has 1 aliphatic rings. The van der Waals surface area contributed by atoms with Crippen molar-refractivity contribution in [3.05, 3.63) is 59.6 Å². The first kappa shape index (κ1) is 22.7. The third-order valence-corrected chi connectivity index (χ3v) is 5.81. The largest absolute Gasteiger partial charge is 0.573 e. The number of nitrogens with zero attached hydrogens (tertiary/aromatic N) is 3. The number of hydrogen-bond donors (Lipinski definition) is 1. The number of halogens is 3. The summed E-state index contributed by atoms with van der Waals surface area (Å²) in [4.78, 5) is 21.2. The Kier molecular flexibility index (Phi) is 6.59. The van der Waals surface area contributed by atoms with E-state index < -0.39 is 6.36 Å². The zero-order chi connectivity index (χ0) is 23.4. The molecule has 0 unspecified atom stereocenters. The van der Waals surface area contributed by atoms with E-state index in [0.717, 1.165) is 11.4 Å². The fraction of sp³-hybridized carbons (Fsp3) is 0.273. The van der Waals surface area contributed by atoms with Crippen LogP contribution in [0, 0.1) is 0 Å². The van der Waals surface area contributed by atoms with Crippen LogP contribution in [0.3, 0.4) is 0 Å². The lowest BCUT2D eigenvalue weighted by atomic mass is 10.2. The lowest BCUT2D eigenvalue weighted by Gasteiger charge is -2.35. The van der Waals surface area contributed by atoms with E-state index in [1.165, 1.54) is 35.6 Å². The summed E-state index contributed by atoms with van der Waals surface area (Å²) in [5.74, 6) is 0.325. The summed E-state index contributed by atoms with van der Waals surface area (Å²) in [6, 6.07) is 13.1. The maximum absolute atomic E-state index is 12.9. The number of carbonyl (C=O) groups excluding carboxylic acids is 1. The standard InChI is InChI=1S/C22H21F3N4O3S/c1-31-18-4-2-3-16(13-18)28-9-11-29(12-10-28)20(30)19-14-33-21(27-19)26-15-5-7-17(8-6-15)32-22(23,24)25/h2-8,13-14H,9-12H2,1H3,(H,26,27). The first-order valence-electron chi connectivity index (χ1n) is 10.1. The van der Waals surface area contributed by atoms with E-state index in [1.807, 2.05) is 24.3 Å².